The number of aryl methyl sites for hydroxylation is 4. The van der Waals surface area contributed by atoms with Gasteiger partial charge in [-0.3, -0.25) is 9.97 Å². The Labute approximate surface area is 390 Å². The van der Waals surface area contributed by atoms with Crippen molar-refractivity contribution in [1.29, 1.82) is 0 Å². The van der Waals surface area contributed by atoms with Gasteiger partial charge in [0.15, 0.2) is 0 Å². The Morgan fingerprint density at radius 2 is 0.676 bits per heavy atom. The Morgan fingerprint density at radius 3 is 1.06 bits per heavy atom. The topological polar surface area (TPSA) is 45.5 Å². The third kappa shape index (κ3) is 4.75. The number of para-hydroxylation sites is 4. The summed E-state index contributed by atoms with van der Waals surface area (Å²) in [5.41, 5.74) is 23.1. The van der Waals surface area contributed by atoms with Crippen LogP contribution in [0.3, 0.4) is 0 Å². The predicted molar refractivity (Wildman–Crippen MR) is 280 cm³/mol. The first kappa shape index (κ1) is 36.5. The van der Waals surface area contributed by atoms with Crippen molar-refractivity contribution in [2.75, 3.05) is 0 Å². The number of benzene rings is 8. The van der Waals surface area contributed by atoms with E-state index in [-0.39, 0.29) is 0 Å². The maximum atomic E-state index is 4.68. The van der Waals surface area contributed by atoms with Crippen LogP contribution >= 0.6 is 0 Å². The number of fused-ring (bicyclic) bond motifs is 14. The lowest BCUT2D eigenvalue weighted by Crippen LogP contribution is -2.16. The number of hydrogen-bond donors (Lipinski definition) is 0. The zero-order chi connectivity index (χ0) is 44.2. The lowest BCUT2D eigenvalue weighted by Gasteiger charge is -2.31. The maximum Gasteiger partial charge on any atom is 0.0645 e. The molecule has 0 N–H and O–H groups in total. The molecule has 8 aromatic carbocycles. The number of hydrogen-bond acceptors (Lipinski definition) is 2. The quantitative estimate of drug-likeness (QED) is 0.177. The minimum atomic E-state index is 0.933. The third-order valence-corrected chi connectivity index (χ3v) is 15.5. The largest absolute Gasteiger partial charge is 0.309 e. The number of aromatic nitrogens is 6. The molecule has 0 bridgehead atoms. The van der Waals surface area contributed by atoms with Gasteiger partial charge in [-0.1, -0.05) is 72.8 Å². The van der Waals surface area contributed by atoms with Gasteiger partial charge in [0.05, 0.1) is 67.9 Å². The van der Waals surface area contributed by atoms with E-state index in [1.54, 1.807) is 0 Å². The summed E-state index contributed by atoms with van der Waals surface area (Å²) in [6.45, 7) is 0. The Bertz CT molecular complexity index is 4090. The van der Waals surface area contributed by atoms with Crippen LogP contribution in [-0.2, 0) is 25.7 Å². The summed E-state index contributed by atoms with van der Waals surface area (Å²) in [7, 11) is 0. The highest BCUT2D eigenvalue weighted by Gasteiger charge is 2.33. The van der Waals surface area contributed by atoms with Gasteiger partial charge in [0.1, 0.15) is 0 Å². The minimum absolute atomic E-state index is 0.933. The lowest BCUT2D eigenvalue weighted by molar-refractivity contribution is 0.883. The molecule has 0 unspecified atom stereocenters. The van der Waals surface area contributed by atoms with Gasteiger partial charge in [-0.25, -0.2) is 0 Å². The highest BCUT2D eigenvalue weighted by Crippen LogP contribution is 2.52. The molecule has 2 aliphatic carbocycles. The van der Waals surface area contributed by atoms with Crippen molar-refractivity contribution in [2.24, 2.45) is 0 Å². The number of pyridine rings is 2. The zero-order valence-corrected chi connectivity index (χ0v) is 37.0. The summed E-state index contributed by atoms with van der Waals surface area (Å²) in [6.07, 6.45) is 11.7. The fraction of sp³-hybridized carbons (Fsp3) is 0.0645. The molecule has 0 radical (unpaired) electrons. The molecule has 68 heavy (non-hydrogen) atoms. The molecule has 0 fully saturated rings. The first-order valence-electron chi connectivity index (χ1n) is 23.8. The molecule has 2 aliphatic rings. The minimum Gasteiger partial charge on any atom is -0.309 e. The van der Waals surface area contributed by atoms with E-state index in [0.29, 0.717) is 0 Å². The van der Waals surface area contributed by atoms with Crippen molar-refractivity contribution >= 4 is 87.2 Å². The molecule has 6 heterocycles. The molecule has 6 aromatic heterocycles. The van der Waals surface area contributed by atoms with Gasteiger partial charge in [0.25, 0.3) is 0 Å². The highest BCUT2D eigenvalue weighted by atomic mass is 15.0. The van der Waals surface area contributed by atoms with Gasteiger partial charge < -0.3 is 18.3 Å². The van der Waals surface area contributed by atoms with Gasteiger partial charge in [0.2, 0.25) is 0 Å². The fourth-order valence-electron chi connectivity index (χ4n) is 12.8. The van der Waals surface area contributed by atoms with Crippen LogP contribution in [-0.4, -0.2) is 28.2 Å². The molecular formula is C62H40N6. The Morgan fingerprint density at radius 1 is 0.294 bits per heavy atom. The standard InChI is InChI=1S/C62H40N6/c1-5-17-53-43(13-1)44-14-2-6-18-54(44)65(53)39-23-27-57-49(33-39)51-31-37-21-22-38-32-52-50-34-40(66-55-19-7-3-15-45(55)46-16-4-8-20-56(46)66)24-28-58(50)68(42-12-10-30-64-36-42)62(52)48-26-25-47(59(37)60(38)48)61(51)67(57)41-11-9-29-63-35-41/h1-20,23-24,27-36H,21-22,25-26H2. The van der Waals surface area contributed by atoms with Crippen LogP contribution in [0.1, 0.15) is 22.3 Å². The molecule has 318 valence electrons. The molecule has 0 amide bonds. The van der Waals surface area contributed by atoms with Crippen LogP contribution < -0.4 is 0 Å². The fourth-order valence-corrected chi connectivity index (χ4v) is 12.8. The summed E-state index contributed by atoms with van der Waals surface area (Å²) in [6, 6.07) is 63.1. The van der Waals surface area contributed by atoms with E-state index in [9.17, 15) is 0 Å². The summed E-state index contributed by atoms with van der Waals surface area (Å²) in [4.78, 5) is 9.37. The second-order valence-corrected chi connectivity index (χ2v) is 18.8. The van der Waals surface area contributed by atoms with Gasteiger partial charge in [-0.05, 0) is 156 Å². The third-order valence-electron chi connectivity index (χ3n) is 15.5. The molecule has 14 aromatic rings. The van der Waals surface area contributed by atoms with Gasteiger partial charge >= 0.3 is 0 Å². The normalized spacial score (nSPS) is 13.4. The molecule has 0 spiro atoms. The monoisotopic (exact) mass is 868 g/mol. The summed E-state index contributed by atoms with van der Waals surface area (Å²) < 4.78 is 9.90. The first-order chi connectivity index (χ1) is 33.8. The van der Waals surface area contributed by atoms with Gasteiger partial charge in [-0.2, -0.15) is 0 Å². The maximum absolute atomic E-state index is 4.68. The SMILES string of the molecule is c1cncc(-n2c3ccc(-n4c5ccccc5c5ccccc54)cc3c3cc4c5c(c32)CCc2c-5c(cc3c5cc(-n6c7ccccc7c7ccccc76)ccc5n(-c5cccnc5)c23)CC4)c1. The van der Waals surface area contributed by atoms with Gasteiger partial charge in [0, 0.05) is 66.9 Å². The molecule has 6 nitrogen and oxygen atoms in total. The van der Waals surface area contributed by atoms with Crippen LogP contribution in [0.25, 0.3) is 121 Å². The lowest BCUT2D eigenvalue weighted by atomic mass is 9.74. The average molecular weight is 869 g/mol. The van der Waals surface area contributed by atoms with Crippen molar-refractivity contribution in [2.45, 2.75) is 25.7 Å². The molecule has 0 aliphatic heterocycles. The zero-order valence-electron chi connectivity index (χ0n) is 37.0. The summed E-state index contributed by atoms with van der Waals surface area (Å²) in [5, 5.41) is 10.3. The Hall–Kier alpha value is -8.74. The van der Waals surface area contributed by atoms with E-state index in [1.165, 1.54) is 132 Å². The smallest absolute Gasteiger partial charge is 0.0645 e. The molecule has 0 atom stereocenters. The second-order valence-electron chi connectivity index (χ2n) is 18.8. The van der Waals surface area contributed by atoms with Crippen LogP contribution in [0.15, 0.2) is 195 Å². The first-order valence-corrected chi connectivity index (χ1v) is 23.8. The van der Waals surface area contributed by atoms with Gasteiger partial charge in [-0.15, -0.1) is 0 Å². The Balaban J connectivity index is 0.972. The van der Waals surface area contributed by atoms with E-state index in [2.05, 4.69) is 198 Å². The van der Waals surface area contributed by atoms with Crippen LogP contribution in [0.4, 0.5) is 0 Å². The van der Waals surface area contributed by atoms with E-state index in [4.69, 9.17) is 0 Å². The van der Waals surface area contributed by atoms with Crippen molar-refractivity contribution in [3.8, 4) is 33.9 Å². The molecular weight excluding hydrogens is 829 g/mol. The summed E-state index contributed by atoms with van der Waals surface area (Å²) >= 11 is 0. The van der Waals surface area contributed by atoms with Crippen LogP contribution in [0.2, 0.25) is 0 Å². The number of nitrogens with zero attached hydrogens (tertiary/aromatic N) is 6. The second kappa shape index (κ2) is 13.4. The molecule has 16 rings (SSSR count). The molecule has 6 heteroatoms. The molecule has 0 saturated carbocycles. The van der Waals surface area contributed by atoms with E-state index < -0.39 is 0 Å². The average Bonchev–Trinajstić information content (AvgIpc) is 4.13. The van der Waals surface area contributed by atoms with E-state index >= 15 is 0 Å². The Kier molecular flexibility index (Phi) is 7.20. The molecule has 0 saturated heterocycles. The summed E-state index contributed by atoms with van der Waals surface area (Å²) in [5.74, 6) is 0. The van der Waals surface area contributed by atoms with Crippen LogP contribution in [0.5, 0.6) is 0 Å². The van der Waals surface area contributed by atoms with E-state index in [0.717, 1.165) is 37.1 Å². The number of rotatable bonds is 4. The van der Waals surface area contributed by atoms with Crippen molar-refractivity contribution < 1.29 is 0 Å². The van der Waals surface area contributed by atoms with Crippen molar-refractivity contribution in [3.63, 3.8) is 0 Å². The van der Waals surface area contributed by atoms with Crippen molar-refractivity contribution in [1.82, 2.24) is 28.2 Å². The highest BCUT2D eigenvalue weighted by molar-refractivity contribution is 6.18. The predicted octanol–water partition coefficient (Wildman–Crippen LogP) is 14.7. The van der Waals surface area contributed by atoms with E-state index in [1.807, 2.05) is 24.8 Å². The van der Waals surface area contributed by atoms with Crippen molar-refractivity contribution in [3.05, 3.63) is 217 Å². The van der Waals surface area contributed by atoms with Crippen LogP contribution in [0, 0.1) is 0 Å².